The zero-order chi connectivity index (χ0) is 23.5. The highest BCUT2D eigenvalue weighted by molar-refractivity contribution is 5.92. The number of hydrogen-bond donors (Lipinski definition) is 0. The number of halogens is 3. The molecule has 7 nitrogen and oxygen atoms in total. The normalized spacial score (nSPS) is 14.7. The number of urea groups is 1. The summed E-state index contributed by atoms with van der Waals surface area (Å²) in [5.41, 5.74) is 2.05. The highest BCUT2D eigenvalue weighted by Crippen LogP contribution is 2.28. The molecule has 2 aromatic carbocycles. The van der Waals surface area contributed by atoms with Crippen molar-refractivity contribution in [2.45, 2.75) is 19.9 Å². The molecule has 0 N–H and O–H groups in total. The van der Waals surface area contributed by atoms with Crippen LogP contribution < -0.4 is 4.90 Å². The molecule has 1 aromatic heterocycles. The largest absolute Gasteiger partial charge is 0.415 e. The van der Waals surface area contributed by atoms with Crippen LogP contribution in [0.2, 0.25) is 0 Å². The molecule has 10 heteroatoms. The van der Waals surface area contributed by atoms with E-state index >= 15 is 4.39 Å². The number of hydrogen-bond acceptors (Lipinski definition) is 5. The van der Waals surface area contributed by atoms with Gasteiger partial charge in [-0.2, -0.15) is 8.78 Å². The molecule has 1 aliphatic rings. The Morgan fingerprint density at radius 1 is 1.12 bits per heavy atom. The third-order valence-corrected chi connectivity index (χ3v) is 5.67. The average Bonchev–Trinajstić information content (AvgIpc) is 3.30. The number of nitrogens with zero attached hydrogens (tertiary/aromatic N) is 5. The zero-order valence-corrected chi connectivity index (χ0v) is 18.3. The van der Waals surface area contributed by atoms with Crippen molar-refractivity contribution in [3.8, 4) is 11.5 Å². The van der Waals surface area contributed by atoms with E-state index in [9.17, 15) is 13.6 Å². The third-order valence-electron chi connectivity index (χ3n) is 5.67. The lowest BCUT2D eigenvalue weighted by molar-refractivity contribution is 0.116. The maximum Gasteiger partial charge on any atom is 0.324 e. The van der Waals surface area contributed by atoms with Crippen molar-refractivity contribution >= 4 is 11.7 Å². The van der Waals surface area contributed by atoms with Crippen LogP contribution in [-0.4, -0.2) is 59.3 Å². The Morgan fingerprint density at radius 3 is 2.48 bits per heavy atom. The molecular formula is C23H24F3N5O2. The first-order valence-electron chi connectivity index (χ1n) is 10.5. The first-order chi connectivity index (χ1) is 15.8. The number of anilines is 1. The minimum atomic E-state index is -2.90. The summed E-state index contributed by atoms with van der Waals surface area (Å²) in [7, 11) is 2.01. The number of likely N-dealkylation sites (N-methyl/N-ethyl adjacent to an activating group) is 1. The first-order valence-corrected chi connectivity index (χ1v) is 10.5. The fourth-order valence-corrected chi connectivity index (χ4v) is 3.71. The lowest BCUT2D eigenvalue weighted by Crippen LogP contribution is -2.52. The molecule has 0 bridgehead atoms. The van der Waals surface area contributed by atoms with Gasteiger partial charge in [-0.15, -0.1) is 10.2 Å². The van der Waals surface area contributed by atoms with E-state index < -0.39 is 18.1 Å². The van der Waals surface area contributed by atoms with Crippen molar-refractivity contribution in [2.75, 3.05) is 38.1 Å². The molecule has 0 radical (unpaired) electrons. The number of rotatable bonds is 5. The molecule has 1 aliphatic heterocycles. The molecule has 33 heavy (non-hydrogen) atoms. The Morgan fingerprint density at radius 2 is 1.85 bits per heavy atom. The van der Waals surface area contributed by atoms with Crippen molar-refractivity contribution < 1.29 is 22.4 Å². The summed E-state index contributed by atoms with van der Waals surface area (Å²) in [6, 6.07) is 11.4. The van der Waals surface area contributed by atoms with Gasteiger partial charge >= 0.3 is 12.5 Å². The molecule has 4 rings (SSSR count). The molecule has 1 saturated heterocycles. The monoisotopic (exact) mass is 459 g/mol. The minimum absolute atomic E-state index is 0.00819. The number of carbonyl (C=O) groups is 1. The molecule has 0 aliphatic carbocycles. The highest BCUT2D eigenvalue weighted by atomic mass is 19.3. The zero-order valence-electron chi connectivity index (χ0n) is 18.3. The second-order valence-corrected chi connectivity index (χ2v) is 8.00. The Hall–Kier alpha value is -3.40. The lowest BCUT2D eigenvalue weighted by Gasteiger charge is -2.36. The molecule has 0 atom stereocenters. The van der Waals surface area contributed by atoms with Crippen LogP contribution in [0.15, 0.2) is 46.9 Å². The van der Waals surface area contributed by atoms with E-state index in [0.29, 0.717) is 18.8 Å². The number of carbonyl (C=O) groups excluding carboxylic acids is 1. The van der Waals surface area contributed by atoms with Crippen LogP contribution in [0, 0.1) is 12.7 Å². The molecule has 0 spiro atoms. The second-order valence-electron chi connectivity index (χ2n) is 8.00. The Bertz CT molecular complexity index is 1130. The van der Waals surface area contributed by atoms with Gasteiger partial charge < -0.3 is 14.2 Å². The number of aromatic nitrogens is 2. The number of piperazine rings is 1. The molecule has 1 fully saturated rings. The Balaban J connectivity index is 1.61. The summed E-state index contributed by atoms with van der Waals surface area (Å²) in [5, 5.41) is 6.83. The van der Waals surface area contributed by atoms with Crippen LogP contribution in [0.3, 0.4) is 0 Å². The molecule has 3 aromatic rings. The fourth-order valence-electron chi connectivity index (χ4n) is 3.71. The highest BCUT2D eigenvalue weighted by Gasteiger charge is 2.27. The van der Waals surface area contributed by atoms with Gasteiger partial charge in [0, 0.05) is 43.0 Å². The molecular weight excluding hydrogens is 435 g/mol. The van der Waals surface area contributed by atoms with Crippen LogP contribution in [-0.2, 0) is 6.54 Å². The van der Waals surface area contributed by atoms with Gasteiger partial charge in [0.2, 0.25) is 5.89 Å². The summed E-state index contributed by atoms with van der Waals surface area (Å²) in [6.45, 7) is 4.61. The standard InChI is InChI=1S/C23H24F3N5O2/c1-15-5-3-4-6-19(15)31(23(32)30-11-9-29(2)10-12-30)14-17-8-7-16(13-18(17)24)21-27-28-22(33-21)20(25)26/h3-8,13,20H,9-12,14H2,1-2H3. The van der Waals surface area contributed by atoms with Crippen LogP contribution in [0.4, 0.5) is 23.7 Å². The fraction of sp³-hybridized carbons (Fsp3) is 0.348. The maximum atomic E-state index is 15.0. The van der Waals surface area contributed by atoms with Gasteiger partial charge in [-0.3, -0.25) is 4.90 Å². The van der Waals surface area contributed by atoms with Gasteiger partial charge in [-0.25, -0.2) is 9.18 Å². The van der Waals surface area contributed by atoms with E-state index in [-0.39, 0.29) is 29.6 Å². The van der Waals surface area contributed by atoms with Crippen molar-refractivity contribution in [1.29, 1.82) is 0 Å². The van der Waals surface area contributed by atoms with E-state index in [1.807, 2.05) is 38.2 Å². The van der Waals surface area contributed by atoms with Crippen LogP contribution >= 0.6 is 0 Å². The molecule has 0 unspecified atom stereocenters. The van der Waals surface area contributed by atoms with Crippen molar-refractivity contribution in [2.24, 2.45) is 0 Å². The SMILES string of the molecule is Cc1ccccc1N(Cc1ccc(-c2nnc(C(F)F)o2)cc1F)C(=O)N1CCN(C)CC1. The Kier molecular flexibility index (Phi) is 6.64. The van der Waals surface area contributed by atoms with Crippen LogP contribution in [0.1, 0.15) is 23.4 Å². The maximum absolute atomic E-state index is 15.0. The van der Waals surface area contributed by atoms with Gasteiger partial charge in [-0.05, 0) is 37.7 Å². The van der Waals surface area contributed by atoms with Gasteiger partial charge in [-0.1, -0.05) is 24.3 Å². The van der Waals surface area contributed by atoms with Gasteiger partial charge in [0.1, 0.15) is 5.82 Å². The van der Waals surface area contributed by atoms with Crippen molar-refractivity contribution in [1.82, 2.24) is 20.0 Å². The molecule has 2 heterocycles. The van der Waals surface area contributed by atoms with E-state index in [1.165, 1.54) is 12.1 Å². The average molecular weight is 459 g/mol. The second kappa shape index (κ2) is 9.62. The smallest absolute Gasteiger partial charge is 0.324 e. The van der Waals surface area contributed by atoms with Gasteiger partial charge in [0.15, 0.2) is 0 Å². The van der Waals surface area contributed by atoms with E-state index in [0.717, 1.165) is 24.7 Å². The number of alkyl halides is 2. The van der Waals surface area contributed by atoms with Crippen molar-refractivity contribution in [3.63, 3.8) is 0 Å². The molecule has 2 amide bonds. The predicted molar refractivity (Wildman–Crippen MR) is 116 cm³/mol. The Labute approximate surface area is 189 Å². The molecule has 0 saturated carbocycles. The number of aryl methyl sites for hydroxylation is 1. The number of amides is 2. The first kappa shape index (κ1) is 22.8. The van der Waals surface area contributed by atoms with Gasteiger partial charge in [0.25, 0.3) is 5.89 Å². The van der Waals surface area contributed by atoms with Crippen LogP contribution in [0.5, 0.6) is 0 Å². The predicted octanol–water partition coefficient (Wildman–Crippen LogP) is 4.50. The summed E-state index contributed by atoms with van der Waals surface area (Å²) in [4.78, 5) is 18.9. The summed E-state index contributed by atoms with van der Waals surface area (Å²) in [5.74, 6) is -1.62. The van der Waals surface area contributed by atoms with E-state index in [4.69, 9.17) is 4.42 Å². The van der Waals surface area contributed by atoms with Crippen LogP contribution in [0.25, 0.3) is 11.5 Å². The van der Waals surface area contributed by atoms with Crippen molar-refractivity contribution in [3.05, 3.63) is 65.3 Å². The lowest BCUT2D eigenvalue weighted by atomic mass is 10.1. The topological polar surface area (TPSA) is 65.7 Å². The quantitative estimate of drug-likeness (QED) is 0.562. The summed E-state index contributed by atoms with van der Waals surface area (Å²) >= 11 is 0. The molecule has 174 valence electrons. The number of benzene rings is 2. The summed E-state index contributed by atoms with van der Waals surface area (Å²) in [6.07, 6.45) is -2.90. The van der Waals surface area contributed by atoms with Gasteiger partial charge in [0.05, 0.1) is 6.54 Å². The van der Waals surface area contributed by atoms with E-state index in [2.05, 4.69) is 15.1 Å². The van der Waals surface area contributed by atoms with E-state index in [1.54, 1.807) is 9.80 Å². The summed E-state index contributed by atoms with van der Waals surface area (Å²) < 4.78 is 45.4. The number of para-hydroxylation sites is 1. The minimum Gasteiger partial charge on any atom is -0.415 e. The third kappa shape index (κ3) is 5.00.